The lowest BCUT2D eigenvalue weighted by atomic mass is 10.1. The Labute approximate surface area is 99.7 Å². The summed E-state index contributed by atoms with van der Waals surface area (Å²) in [5, 5.41) is 10.1. The first kappa shape index (κ1) is 10.4. The molecule has 3 nitrogen and oxygen atoms in total. The number of nitrogens with zero attached hydrogens (tertiary/aromatic N) is 1. The van der Waals surface area contributed by atoms with Gasteiger partial charge < -0.3 is 9.67 Å². The van der Waals surface area contributed by atoms with Gasteiger partial charge in [-0.15, -0.1) is 0 Å². The summed E-state index contributed by atoms with van der Waals surface area (Å²) in [7, 11) is 0. The van der Waals surface area contributed by atoms with Crippen molar-refractivity contribution in [1.82, 2.24) is 4.57 Å². The number of rotatable bonds is 3. The van der Waals surface area contributed by atoms with E-state index in [1.54, 1.807) is 0 Å². The summed E-state index contributed by atoms with van der Waals surface area (Å²) in [4.78, 5) is 10.7. The summed E-state index contributed by atoms with van der Waals surface area (Å²) in [6, 6.07) is 8.32. The van der Waals surface area contributed by atoms with E-state index in [9.17, 15) is 4.79 Å². The van der Waals surface area contributed by atoms with Crippen LogP contribution >= 0.6 is 0 Å². The molecule has 0 radical (unpaired) electrons. The fourth-order valence-electron chi connectivity index (χ4n) is 2.89. The molecule has 0 aliphatic heterocycles. The third-order valence-corrected chi connectivity index (χ3v) is 3.58. The molecule has 88 valence electrons. The van der Waals surface area contributed by atoms with Gasteiger partial charge in [-0.25, -0.2) is 0 Å². The van der Waals surface area contributed by atoms with Crippen molar-refractivity contribution in [2.75, 3.05) is 0 Å². The standard InChI is InChI=1S/C14H15NO2/c16-14(17)8-9-15-12-6-2-1-4-10(12)11-5-3-7-13(11)15/h1-2,4,6H,3,5,7-9H2,(H,16,17). The Morgan fingerprint density at radius 2 is 2.12 bits per heavy atom. The minimum absolute atomic E-state index is 0.200. The predicted octanol–water partition coefficient (Wildman–Crippen LogP) is 2.60. The van der Waals surface area contributed by atoms with E-state index in [0.717, 1.165) is 12.8 Å². The summed E-state index contributed by atoms with van der Waals surface area (Å²) in [6.07, 6.45) is 3.62. The number of carbonyl (C=O) groups is 1. The van der Waals surface area contributed by atoms with Gasteiger partial charge in [0.1, 0.15) is 0 Å². The largest absolute Gasteiger partial charge is 0.481 e. The van der Waals surface area contributed by atoms with Crippen molar-refractivity contribution in [1.29, 1.82) is 0 Å². The van der Waals surface area contributed by atoms with E-state index >= 15 is 0 Å². The van der Waals surface area contributed by atoms with E-state index in [-0.39, 0.29) is 6.42 Å². The number of benzene rings is 1. The molecule has 17 heavy (non-hydrogen) atoms. The van der Waals surface area contributed by atoms with Crippen molar-refractivity contribution in [3.8, 4) is 0 Å². The van der Waals surface area contributed by atoms with Crippen molar-refractivity contribution in [2.24, 2.45) is 0 Å². The zero-order valence-electron chi connectivity index (χ0n) is 9.65. The first-order valence-corrected chi connectivity index (χ1v) is 6.08. The molecule has 1 aromatic heterocycles. The zero-order valence-corrected chi connectivity index (χ0v) is 9.65. The summed E-state index contributed by atoms with van der Waals surface area (Å²) in [5.41, 5.74) is 3.98. The van der Waals surface area contributed by atoms with E-state index in [1.165, 1.54) is 28.6 Å². The lowest BCUT2D eigenvalue weighted by molar-refractivity contribution is -0.137. The third-order valence-electron chi connectivity index (χ3n) is 3.58. The summed E-state index contributed by atoms with van der Waals surface area (Å²) in [5.74, 6) is -0.727. The fraction of sp³-hybridized carbons (Fsp3) is 0.357. The Bertz CT molecular complexity index is 583. The van der Waals surface area contributed by atoms with Crippen LogP contribution in [0.5, 0.6) is 0 Å². The van der Waals surface area contributed by atoms with Crippen molar-refractivity contribution < 1.29 is 9.90 Å². The Morgan fingerprint density at radius 1 is 1.29 bits per heavy atom. The molecule has 3 heteroatoms. The van der Waals surface area contributed by atoms with Gasteiger partial charge in [-0.2, -0.15) is 0 Å². The molecule has 0 fully saturated rings. The van der Waals surface area contributed by atoms with Gasteiger partial charge in [0.25, 0.3) is 0 Å². The molecule has 0 saturated carbocycles. The van der Waals surface area contributed by atoms with E-state index < -0.39 is 5.97 Å². The maximum atomic E-state index is 10.7. The van der Waals surface area contributed by atoms with Crippen LogP contribution in [-0.2, 0) is 24.2 Å². The maximum absolute atomic E-state index is 10.7. The number of aryl methyl sites for hydroxylation is 2. The Morgan fingerprint density at radius 3 is 2.94 bits per heavy atom. The minimum Gasteiger partial charge on any atom is -0.481 e. The normalized spacial score (nSPS) is 14.1. The number of carboxylic acids is 1. The lowest BCUT2D eigenvalue weighted by Gasteiger charge is -2.07. The number of hydrogen-bond donors (Lipinski definition) is 1. The Hall–Kier alpha value is -1.77. The Balaban J connectivity index is 2.12. The number of aromatic nitrogens is 1. The molecule has 0 unspecified atom stereocenters. The molecule has 1 aliphatic rings. The average Bonchev–Trinajstić information content (AvgIpc) is 2.87. The van der Waals surface area contributed by atoms with Crippen LogP contribution in [0.4, 0.5) is 0 Å². The smallest absolute Gasteiger partial charge is 0.305 e. The molecule has 3 rings (SSSR count). The van der Waals surface area contributed by atoms with Crippen LogP contribution < -0.4 is 0 Å². The number of carboxylic acid groups (broad SMARTS) is 1. The second-order valence-corrected chi connectivity index (χ2v) is 4.59. The molecule has 0 amide bonds. The van der Waals surface area contributed by atoms with Crippen molar-refractivity contribution in [3.63, 3.8) is 0 Å². The zero-order chi connectivity index (χ0) is 11.8. The second kappa shape index (κ2) is 3.91. The van der Waals surface area contributed by atoms with Gasteiger partial charge >= 0.3 is 5.97 Å². The van der Waals surface area contributed by atoms with Gasteiger partial charge in [-0.3, -0.25) is 4.79 Å². The summed E-state index contributed by atoms with van der Waals surface area (Å²) in [6.45, 7) is 0.588. The third kappa shape index (κ3) is 1.62. The van der Waals surface area contributed by atoms with Crippen LogP contribution in [0, 0.1) is 0 Å². The highest BCUT2D eigenvalue weighted by Gasteiger charge is 2.20. The minimum atomic E-state index is -0.727. The SMILES string of the molecule is O=C(O)CCn1c2c(c3ccccc31)CCC2. The molecule has 1 aromatic carbocycles. The Kier molecular flexibility index (Phi) is 2.39. The molecule has 2 aromatic rings. The van der Waals surface area contributed by atoms with E-state index in [4.69, 9.17) is 5.11 Å². The van der Waals surface area contributed by atoms with Crippen LogP contribution in [0.15, 0.2) is 24.3 Å². The van der Waals surface area contributed by atoms with Crippen molar-refractivity contribution in [2.45, 2.75) is 32.2 Å². The monoisotopic (exact) mass is 229 g/mol. The molecular formula is C14H15NO2. The van der Waals surface area contributed by atoms with Gasteiger partial charge in [-0.05, 0) is 30.9 Å². The lowest BCUT2D eigenvalue weighted by Crippen LogP contribution is -2.06. The molecular weight excluding hydrogens is 214 g/mol. The first-order chi connectivity index (χ1) is 8.27. The van der Waals surface area contributed by atoms with Crippen LogP contribution in [-0.4, -0.2) is 15.6 Å². The number of aliphatic carboxylic acids is 1. The number of para-hydroxylation sites is 1. The van der Waals surface area contributed by atoms with Crippen LogP contribution in [0.2, 0.25) is 0 Å². The molecule has 0 atom stereocenters. The van der Waals surface area contributed by atoms with Gasteiger partial charge in [-0.1, -0.05) is 18.2 Å². The first-order valence-electron chi connectivity index (χ1n) is 6.08. The fourth-order valence-corrected chi connectivity index (χ4v) is 2.89. The van der Waals surface area contributed by atoms with Crippen molar-refractivity contribution in [3.05, 3.63) is 35.5 Å². The molecule has 1 heterocycles. The quantitative estimate of drug-likeness (QED) is 0.879. The van der Waals surface area contributed by atoms with Gasteiger partial charge in [0, 0.05) is 23.1 Å². The van der Waals surface area contributed by atoms with Crippen molar-refractivity contribution >= 4 is 16.9 Å². The molecule has 0 saturated heterocycles. The van der Waals surface area contributed by atoms with E-state index in [0.29, 0.717) is 6.54 Å². The van der Waals surface area contributed by atoms with E-state index in [1.807, 2.05) is 6.07 Å². The number of fused-ring (bicyclic) bond motifs is 3. The highest BCUT2D eigenvalue weighted by atomic mass is 16.4. The second-order valence-electron chi connectivity index (χ2n) is 4.59. The molecule has 0 spiro atoms. The predicted molar refractivity (Wildman–Crippen MR) is 66.2 cm³/mol. The maximum Gasteiger partial charge on any atom is 0.305 e. The van der Waals surface area contributed by atoms with Gasteiger partial charge in [0.15, 0.2) is 0 Å². The molecule has 0 bridgehead atoms. The van der Waals surface area contributed by atoms with Gasteiger partial charge in [0.05, 0.1) is 6.42 Å². The average molecular weight is 229 g/mol. The number of hydrogen-bond acceptors (Lipinski definition) is 1. The van der Waals surface area contributed by atoms with Crippen LogP contribution in [0.3, 0.4) is 0 Å². The highest BCUT2D eigenvalue weighted by Crippen LogP contribution is 2.32. The topological polar surface area (TPSA) is 42.2 Å². The molecule has 1 N–H and O–H groups in total. The van der Waals surface area contributed by atoms with Crippen LogP contribution in [0.25, 0.3) is 10.9 Å². The van der Waals surface area contributed by atoms with Crippen LogP contribution in [0.1, 0.15) is 24.1 Å². The summed E-state index contributed by atoms with van der Waals surface area (Å²) < 4.78 is 2.20. The summed E-state index contributed by atoms with van der Waals surface area (Å²) >= 11 is 0. The highest BCUT2D eigenvalue weighted by molar-refractivity contribution is 5.86. The van der Waals surface area contributed by atoms with Gasteiger partial charge in [0.2, 0.25) is 0 Å². The molecule has 1 aliphatic carbocycles. The van der Waals surface area contributed by atoms with E-state index in [2.05, 4.69) is 22.8 Å².